The quantitative estimate of drug-likeness (QED) is 0.457. The molecule has 12 heavy (non-hydrogen) atoms. The monoisotopic (exact) mass is 176 g/mol. The third-order valence-electron chi connectivity index (χ3n) is 1.89. The molecule has 0 saturated heterocycles. The van der Waals surface area contributed by atoms with Crippen LogP contribution in [0.5, 0.6) is 0 Å². The van der Waals surface area contributed by atoms with E-state index < -0.39 is 22.2 Å². The Morgan fingerprint density at radius 2 is 1.92 bits per heavy atom. The van der Waals surface area contributed by atoms with E-state index in [1.54, 1.807) is 0 Å². The Kier molecular flexibility index (Phi) is 2.41. The molecule has 68 valence electrons. The van der Waals surface area contributed by atoms with Gasteiger partial charge in [-0.15, -0.1) is 10.1 Å². The number of hydrogen-bond acceptors (Lipinski definition) is 5. The maximum absolute atomic E-state index is 10.2. The van der Waals surface area contributed by atoms with Gasteiger partial charge in [-0.25, -0.2) is 0 Å². The van der Waals surface area contributed by atoms with Crippen LogP contribution in [0.15, 0.2) is 0 Å². The van der Waals surface area contributed by atoms with Gasteiger partial charge in [-0.2, -0.15) is 0 Å². The van der Waals surface area contributed by atoms with E-state index in [4.69, 9.17) is 0 Å². The molecule has 1 saturated carbocycles. The molecule has 0 aromatic heterocycles. The molecule has 7 heteroatoms. The fourth-order valence-corrected chi connectivity index (χ4v) is 1.33. The van der Waals surface area contributed by atoms with E-state index in [1.807, 2.05) is 0 Å². The third kappa shape index (κ3) is 2.04. The normalized spacial score (nSPS) is 28.3. The van der Waals surface area contributed by atoms with Crippen molar-refractivity contribution in [1.29, 1.82) is 0 Å². The molecule has 0 aromatic carbocycles. The summed E-state index contributed by atoms with van der Waals surface area (Å²) in [5.41, 5.74) is 0. The minimum absolute atomic E-state index is 0.147. The van der Waals surface area contributed by atoms with E-state index in [2.05, 4.69) is 4.84 Å². The first kappa shape index (κ1) is 8.69. The molecule has 0 N–H and O–H groups in total. The van der Waals surface area contributed by atoms with Gasteiger partial charge < -0.3 is 4.84 Å². The van der Waals surface area contributed by atoms with Crippen LogP contribution < -0.4 is 0 Å². The Morgan fingerprint density at radius 3 is 2.33 bits per heavy atom. The highest BCUT2D eigenvalue weighted by Gasteiger charge is 2.34. The van der Waals surface area contributed by atoms with E-state index in [0.717, 1.165) is 0 Å². The number of nitro groups is 1. The maximum Gasteiger partial charge on any atom is 0.294 e. The van der Waals surface area contributed by atoms with Crippen molar-refractivity contribution in [3.05, 3.63) is 20.2 Å². The van der Waals surface area contributed by atoms with Crippen molar-refractivity contribution < 1.29 is 14.8 Å². The van der Waals surface area contributed by atoms with Gasteiger partial charge in [0.2, 0.25) is 6.04 Å². The minimum Gasteiger partial charge on any atom is -0.310 e. The molecule has 0 aromatic rings. The van der Waals surface area contributed by atoms with Crippen molar-refractivity contribution in [2.24, 2.45) is 0 Å². The Hall–Kier alpha value is -1.40. The summed E-state index contributed by atoms with van der Waals surface area (Å²) in [6.07, 6.45) is 0.321. The van der Waals surface area contributed by atoms with Crippen molar-refractivity contribution >= 4 is 0 Å². The van der Waals surface area contributed by atoms with E-state index in [-0.39, 0.29) is 6.42 Å². The standard InChI is InChI=1S/C5H8N2O5/c8-6(9)4-1-2-5(3-4)12-7(10)11/h4-5H,1-3H2/t4-,5-/m1/s1. The second-order valence-electron chi connectivity index (χ2n) is 2.70. The average Bonchev–Trinajstić information content (AvgIpc) is 2.34. The largest absolute Gasteiger partial charge is 0.310 e. The van der Waals surface area contributed by atoms with Crippen molar-refractivity contribution in [2.75, 3.05) is 0 Å². The molecule has 7 nitrogen and oxygen atoms in total. The SMILES string of the molecule is O=[N+]([O-])O[C@@H]1CC[C@@H]([N+](=O)[O-])C1. The van der Waals surface area contributed by atoms with Crippen LogP contribution >= 0.6 is 0 Å². The van der Waals surface area contributed by atoms with Crippen LogP contribution in [-0.4, -0.2) is 22.2 Å². The topological polar surface area (TPSA) is 95.5 Å². The summed E-state index contributed by atoms with van der Waals surface area (Å²) in [5.74, 6) is 0. The Balaban J connectivity index is 2.35. The molecular weight excluding hydrogens is 168 g/mol. The Morgan fingerprint density at radius 1 is 1.25 bits per heavy atom. The van der Waals surface area contributed by atoms with Crippen molar-refractivity contribution in [3.8, 4) is 0 Å². The molecule has 0 aliphatic heterocycles. The van der Waals surface area contributed by atoms with Gasteiger partial charge in [-0.1, -0.05) is 0 Å². The number of hydrogen-bond donors (Lipinski definition) is 0. The van der Waals surface area contributed by atoms with Crippen molar-refractivity contribution in [2.45, 2.75) is 31.4 Å². The van der Waals surface area contributed by atoms with Gasteiger partial charge >= 0.3 is 0 Å². The molecule has 0 amide bonds. The van der Waals surface area contributed by atoms with Gasteiger partial charge in [0.25, 0.3) is 5.09 Å². The van der Waals surface area contributed by atoms with Crippen LogP contribution in [-0.2, 0) is 4.84 Å². The van der Waals surface area contributed by atoms with Gasteiger partial charge in [-0.05, 0) is 6.42 Å². The first-order valence-corrected chi connectivity index (χ1v) is 3.54. The van der Waals surface area contributed by atoms with Crippen LogP contribution in [0.2, 0.25) is 0 Å². The summed E-state index contributed by atoms with van der Waals surface area (Å²) in [6, 6.07) is -0.671. The highest BCUT2D eigenvalue weighted by molar-refractivity contribution is 4.74. The Bertz CT molecular complexity index is 206. The smallest absolute Gasteiger partial charge is 0.294 e. The molecule has 1 aliphatic rings. The first-order valence-electron chi connectivity index (χ1n) is 3.54. The lowest BCUT2D eigenvalue weighted by molar-refractivity contribution is -0.768. The van der Waals surface area contributed by atoms with Gasteiger partial charge in [-0.3, -0.25) is 10.1 Å². The zero-order chi connectivity index (χ0) is 9.14. The second kappa shape index (κ2) is 3.33. The van der Waals surface area contributed by atoms with Crippen LogP contribution in [0, 0.1) is 20.2 Å². The van der Waals surface area contributed by atoms with E-state index in [1.165, 1.54) is 0 Å². The van der Waals surface area contributed by atoms with Crippen LogP contribution in [0.4, 0.5) is 0 Å². The van der Waals surface area contributed by atoms with E-state index in [9.17, 15) is 20.2 Å². The molecule has 0 unspecified atom stereocenters. The second-order valence-corrected chi connectivity index (χ2v) is 2.70. The molecule has 0 spiro atoms. The molecular formula is C5H8N2O5. The third-order valence-corrected chi connectivity index (χ3v) is 1.89. The summed E-state index contributed by atoms with van der Waals surface area (Å²) < 4.78 is 0. The average molecular weight is 176 g/mol. The molecule has 0 radical (unpaired) electrons. The van der Waals surface area contributed by atoms with Crippen LogP contribution in [0.25, 0.3) is 0 Å². The summed E-state index contributed by atoms with van der Waals surface area (Å²) in [4.78, 5) is 23.9. The number of rotatable bonds is 3. The lowest BCUT2D eigenvalue weighted by Gasteiger charge is -2.03. The van der Waals surface area contributed by atoms with Crippen molar-refractivity contribution in [3.63, 3.8) is 0 Å². The highest BCUT2D eigenvalue weighted by Crippen LogP contribution is 2.23. The summed E-state index contributed by atoms with van der Waals surface area (Å²) >= 11 is 0. The fraction of sp³-hybridized carbons (Fsp3) is 1.00. The van der Waals surface area contributed by atoms with Gasteiger partial charge in [0.05, 0.1) is 0 Å². The molecule has 0 heterocycles. The molecule has 1 rings (SSSR count). The predicted molar refractivity (Wildman–Crippen MR) is 36.5 cm³/mol. The predicted octanol–water partition coefficient (Wildman–Crippen LogP) is 0.392. The lowest BCUT2D eigenvalue weighted by Crippen LogP contribution is -2.19. The summed E-state index contributed by atoms with van der Waals surface area (Å²) in [7, 11) is 0. The zero-order valence-corrected chi connectivity index (χ0v) is 6.21. The fourth-order valence-electron chi connectivity index (χ4n) is 1.33. The molecule has 1 fully saturated rings. The summed E-state index contributed by atoms with van der Waals surface area (Å²) in [6.45, 7) is 0. The summed E-state index contributed by atoms with van der Waals surface area (Å²) in [5, 5.41) is 19.2. The van der Waals surface area contributed by atoms with E-state index >= 15 is 0 Å². The van der Waals surface area contributed by atoms with Crippen LogP contribution in [0.1, 0.15) is 19.3 Å². The first-order chi connectivity index (χ1) is 5.59. The number of nitrogens with zero attached hydrogens (tertiary/aromatic N) is 2. The van der Waals surface area contributed by atoms with Gasteiger partial charge in [0, 0.05) is 17.8 Å². The zero-order valence-electron chi connectivity index (χ0n) is 6.21. The van der Waals surface area contributed by atoms with E-state index in [0.29, 0.717) is 12.8 Å². The highest BCUT2D eigenvalue weighted by atomic mass is 17.0. The molecule has 0 bridgehead atoms. The molecule has 1 aliphatic carbocycles. The Labute approximate surface area is 67.6 Å². The van der Waals surface area contributed by atoms with Crippen LogP contribution in [0.3, 0.4) is 0 Å². The van der Waals surface area contributed by atoms with Gasteiger partial charge in [0.1, 0.15) is 6.10 Å². The lowest BCUT2D eigenvalue weighted by atomic mass is 10.3. The van der Waals surface area contributed by atoms with Crippen molar-refractivity contribution in [1.82, 2.24) is 0 Å². The molecule has 2 atom stereocenters. The maximum atomic E-state index is 10.2. The minimum atomic E-state index is -0.896. The van der Waals surface area contributed by atoms with Gasteiger partial charge in [0.15, 0.2) is 0 Å².